The molecule has 0 aliphatic carbocycles. The minimum Gasteiger partial charge on any atom is -0.403 e. The number of benzene rings is 1. The minimum atomic E-state index is -0.240. The lowest BCUT2D eigenvalue weighted by molar-refractivity contribution is 0.566. The summed E-state index contributed by atoms with van der Waals surface area (Å²) in [5.41, 5.74) is 1.28. The van der Waals surface area contributed by atoms with Crippen molar-refractivity contribution in [3.63, 3.8) is 0 Å². The number of halogens is 1. The highest BCUT2D eigenvalue weighted by atomic mass is 19.1. The maximum Gasteiger partial charge on any atom is 0.317 e. The molecule has 1 heterocycles. The summed E-state index contributed by atoms with van der Waals surface area (Å²) in [6.45, 7) is 0. The molecule has 0 fully saturated rings. The summed E-state index contributed by atoms with van der Waals surface area (Å²) in [6, 6.07) is 5.12. The predicted molar refractivity (Wildman–Crippen MR) is 62.2 cm³/mol. The van der Waals surface area contributed by atoms with Crippen molar-refractivity contribution in [1.82, 2.24) is 10.2 Å². The molecule has 0 N–H and O–H groups in total. The van der Waals surface area contributed by atoms with Gasteiger partial charge < -0.3 is 9.32 Å². The predicted octanol–water partition coefficient (Wildman–Crippen LogP) is 0.200. The first-order chi connectivity index (χ1) is 7.58. The van der Waals surface area contributed by atoms with Gasteiger partial charge in [-0.15, -0.1) is 5.10 Å². The number of rotatable bonds is 2. The molecule has 2 aromatic rings. The van der Waals surface area contributed by atoms with E-state index in [1.165, 1.54) is 6.07 Å². The standard InChI is InChI=1S/C10H11BFN3O/c1-15(2)10-14-13-9(16-10)6-3-4-8(12)7(11)5-6/h3-5H,11H2,1-2H3. The van der Waals surface area contributed by atoms with Gasteiger partial charge in [-0.25, -0.2) is 4.39 Å². The van der Waals surface area contributed by atoms with Gasteiger partial charge in [0.05, 0.1) is 0 Å². The summed E-state index contributed by atoms with van der Waals surface area (Å²) >= 11 is 0. The fourth-order valence-corrected chi connectivity index (χ4v) is 1.29. The van der Waals surface area contributed by atoms with Crippen LogP contribution >= 0.6 is 0 Å². The molecule has 2 rings (SSSR count). The van der Waals surface area contributed by atoms with E-state index < -0.39 is 0 Å². The Morgan fingerprint density at radius 1 is 1.31 bits per heavy atom. The van der Waals surface area contributed by atoms with E-state index in [0.29, 0.717) is 17.4 Å². The van der Waals surface area contributed by atoms with Crippen molar-refractivity contribution in [2.75, 3.05) is 19.0 Å². The molecular formula is C10H11BFN3O. The highest BCUT2D eigenvalue weighted by Crippen LogP contribution is 2.19. The molecule has 0 aliphatic rings. The van der Waals surface area contributed by atoms with Crippen LogP contribution in [-0.2, 0) is 0 Å². The van der Waals surface area contributed by atoms with E-state index in [1.807, 2.05) is 14.1 Å². The zero-order chi connectivity index (χ0) is 11.7. The van der Waals surface area contributed by atoms with Gasteiger partial charge in [0.15, 0.2) is 0 Å². The van der Waals surface area contributed by atoms with E-state index in [1.54, 1.807) is 24.9 Å². The maximum atomic E-state index is 13.1. The molecule has 0 unspecified atom stereocenters. The minimum absolute atomic E-state index is 0.240. The second-order valence-electron chi connectivity index (χ2n) is 3.75. The molecule has 0 amide bonds. The van der Waals surface area contributed by atoms with Crippen LogP contribution in [-0.4, -0.2) is 32.1 Å². The van der Waals surface area contributed by atoms with Crippen LogP contribution in [0.4, 0.5) is 10.4 Å². The van der Waals surface area contributed by atoms with Crippen LogP contribution in [0.1, 0.15) is 0 Å². The Balaban J connectivity index is 2.39. The fraction of sp³-hybridized carbons (Fsp3) is 0.200. The average molecular weight is 219 g/mol. The summed E-state index contributed by atoms with van der Waals surface area (Å²) in [5, 5.41) is 7.76. The van der Waals surface area contributed by atoms with Crippen molar-refractivity contribution in [2.45, 2.75) is 0 Å². The number of hydrogen-bond acceptors (Lipinski definition) is 4. The monoisotopic (exact) mass is 219 g/mol. The molecule has 0 aliphatic heterocycles. The third-order valence-corrected chi connectivity index (χ3v) is 2.20. The molecule has 82 valence electrons. The Morgan fingerprint density at radius 3 is 2.62 bits per heavy atom. The molecule has 0 radical (unpaired) electrons. The summed E-state index contributed by atoms with van der Waals surface area (Å²) in [5.74, 6) is 0.155. The largest absolute Gasteiger partial charge is 0.403 e. The zero-order valence-electron chi connectivity index (χ0n) is 9.36. The van der Waals surface area contributed by atoms with Crippen molar-refractivity contribution in [1.29, 1.82) is 0 Å². The van der Waals surface area contributed by atoms with Crippen LogP contribution < -0.4 is 10.4 Å². The molecule has 0 atom stereocenters. The van der Waals surface area contributed by atoms with Gasteiger partial charge in [-0.1, -0.05) is 16.6 Å². The van der Waals surface area contributed by atoms with Crippen LogP contribution in [0.15, 0.2) is 22.6 Å². The van der Waals surface area contributed by atoms with Crippen LogP contribution in [0, 0.1) is 5.82 Å². The lowest BCUT2D eigenvalue weighted by atomic mass is 9.94. The quantitative estimate of drug-likeness (QED) is 0.676. The van der Waals surface area contributed by atoms with Gasteiger partial charge in [0.1, 0.15) is 13.7 Å². The molecule has 0 spiro atoms. The second kappa shape index (κ2) is 3.96. The van der Waals surface area contributed by atoms with Gasteiger partial charge in [-0.3, -0.25) is 0 Å². The van der Waals surface area contributed by atoms with Gasteiger partial charge in [0.25, 0.3) is 0 Å². The number of aromatic nitrogens is 2. The Kier molecular flexibility index (Phi) is 2.64. The molecule has 1 aromatic heterocycles. The van der Waals surface area contributed by atoms with Crippen molar-refractivity contribution < 1.29 is 8.81 Å². The van der Waals surface area contributed by atoms with Gasteiger partial charge in [-0.05, 0) is 12.1 Å². The van der Waals surface area contributed by atoms with E-state index in [2.05, 4.69) is 10.2 Å². The Bertz CT molecular complexity index is 513. The third kappa shape index (κ3) is 1.91. The van der Waals surface area contributed by atoms with Crippen LogP contribution in [0.5, 0.6) is 0 Å². The van der Waals surface area contributed by atoms with Crippen LogP contribution in [0.2, 0.25) is 0 Å². The smallest absolute Gasteiger partial charge is 0.317 e. The summed E-state index contributed by atoms with van der Waals surface area (Å²) in [6.07, 6.45) is 0. The molecule has 16 heavy (non-hydrogen) atoms. The highest BCUT2D eigenvalue weighted by Gasteiger charge is 2.10. The Hall–Kier alpha value is -1.85. The van der Waals surface area contributed by atoms with Gasteiger partial charge in [-0.2, -0.15) is 0 Å². The molecule has 4 nitrogen and oxygen atoms in total. The first-order valence-electron chi connectivity index (χ1n) is 4.85. The fourth-order valence-electron chi connectivity index (χ4n) is 1.29. The summed E-state index contributed by atoms with van der Waals surface area (Å²) in [7, 11) is 5.32. The van der Waals surface area contributed by atoms with Gasteiger partial charge in [0.2, 0.25) is 5.89 Å². The molecule has 0 saturated carbocycles. The van der Waals surface area contributed by atoms with E-state index in [4.69, 9.17) is 4.42 Å². The van der Waals surface area contributed by atoms with Gasteiger partial charge in [0, 0.05) is 19.7 Å². The average Bonchev–Trinajstić information content (AvgIpc) is 2.71. The number of anilines is 1. The number of hydrogen-bond donors (Lipinski definition) is 0. The van der Waals surface area contributed by atoms with E-state index in [-0.39, 0.29) is 5.82 Å². The first-order valence-corrected chi connectivity index (χ1v) is 4.85. The van der Waals surface area contributed by atoms with Crippen molar-refractivity contribution in [2.24, 2.45) is 0 Å². The molecular weight excluding hydrogens is 208 g/mol. The maximum absolute atomic E-state index is 13.1. The van der Waals surface area contributed by atoms with E-state index in [0.717, 1.165) is 5.56 Å². The topological polar surface area (TPSA) is 42.2 Å². The summed E-state index contributed by atoms with van der Waals surface area (Å²) < 4.78 is 18.5. The van der Waals surface area contributed by atoms with Crippen molar-refractivity contribution in [3.8, 4) is 11.5 Å². The van der Waals surface area contributed by atoms with Crippen molar-refractivity contribution >= 4 is 19.3 Å². The lowest BCUT2D eigenvalue weighted by Gasteiger charge is -2.03. The molecule has 1 aromatic carbocycles. The number of nitrogens with zero attached hydrogens (tertiary/aromatic N) is 3. The van der Waals surface area contributed by atoms with Gasteiger partial charge >= 0.3 is 6.01 Å². The van der Waals surface area contributed by atoms with Crippen molar-refractivity contribution in [3.05, 3.63) is 24.0 Å². The second-order valence-corrected chi connectivity index (χ2v) is 3.75. The first kappa shape index (κ1) is 10.7. The SMILES string of the molecule is Bc1cc(-c2nnc(N(C)C)o2)ccc1F. The zero-order valence-corrected chi connectivity index (χ0v) is 9.36. The third-order valence-electron chi connectivity index (χ3n) is 2.20. The Morgan fingerprint density at radius 2 is 2.06 bits per heavy atom. The summed E-state index contributed by atoms with van der Waals surface area (Å²) in [4.78, 5) is 1.72. The Labute approximate surface area is 93.5 Å². The van der Waals surface area contributed by atoms with E-state index >= 15 is 0 Å². The normalized spacial score (nSPS) is 10.4. The highest BCUT2D eigenvalue weighted by molar-refractivity contribution is 6.32. The molecule has 0 bridgehead atoms. The van der Waals surface area contributed by atoms with E-state index in [9.17, 15) is 4.39 Å². The van der Waals surface area contributed by atoms with Crippen LogP contribution in [0.25, 0.3) is 11.5 Å². The lowest BCUT2D eigenvalue weighted by Crippen LogP contribution is -2.08. The molecule has 6 heteroatoms. The molecule has 0 saturated heterocycles. The van der Waals surface area contributed by atoms with Crippen LogP contribution in [0.3, 0.4) is 0 Å².